The number of anilines is 1. The van der Waals surface area contributed by atoms with Crippen molar-refractivity contribution in [3.05, 3.63) is 112 Å². The minimum absolute atomic E-state index is 0.184. The van der Waals surface area contributed by atoms with Crippen molar-refractivity contribution in [1.82, 2.24) is 19.6 Å². The number of benzene rings is 3. The van der Waals surface area contributed by atoms with Crippen LogP contribution in [-0.2, 0) is 13.1 Å². The van der Waals surface area contributed by atoms with Crippen molar-refractivity contribution in [2.24, 2.45) is 0 Å². The molecule has 3 aromatic carbocycles. The van der Waals surface area contributed by atoms with E-state index in [0.29, 0.717) is 24.5 Å². The van der Waals surface area contributed by atoms with Gasteiger partial charge in [-0.3, -0.25) is 14.2 Å². The van der Waals surface area contributed by atoms with Crippen LogP contribution in [0.15, 0.2) is 83.5 Å². The van der Waals surface area contributed by atoms with E-state index in [1.807, 2.05) is 71.9 Å². The zero-order valence-electron chi connectivity index (χ0n) is 19.0. The number of fused-ring (bicyclic) bond motifs is 1. The van der Waals surface area contributed by atoms with Crippen molar-refractivity contribution in [1.29, 1.82) is 0 Å². The van der Waals surface area contributed by atoms with Gasteiger partial charge in [-0.15, -0.1) is 0 Å². The summed E-state index contributed by atoms with van der Waals surface area (Å²) in [5.41, 5.74) is 4.90. The Morgan fingerprint density at radius 3 is 2.44 bits per heavy atom. The van der Waals surface area contributed by atoms with Gasteiger partial charge in [0.05, 0.1) is 29.0 Å². The molecule has 0 saturated carbocycles. The summed E-state index contributed by atoms with van der Waals surface area (Å²) in [6, 6.07) is 24.0. The number of halogens is 1. The number of carbonyl (C=O) groups is 1. The monoisotopic (exact) mass is 513 g/mol. The van der Waals surface area contributed by atoms with Crippen LogP contribution in [0, 0.1) is 13.8 Å². The predicted octanol–water partition coefficient (Wildman–Crippen LogP) is 5.96. The molecule has 1 N–H and O–H groups in total. The highest BCUT2D eigenvalue weighted by atomic mass is 79.9. The minimum Gasteiger partial charge on any atom is -0.305 e. The van der Waals surface area contributed by atoms with E-state index in [4.69, 9.17) is 0 Å². The van der Waals surface area contributed by atoms with Crippen molar-refractivity contribution in [3.63, 3.8) is 0 Å². The van der Waals surface area contributed by atoms with Gasteiger partial charge in [0.15, 0.2) is 5.82 Å². The van der Waals surface area contributed by atoms with E-state index in [-0.39, 0.29) is 5.91 Å². The Labute approximate surface area is 206 Å². The van der Waals surface area contributed by atoms with E-state index in [2.05, 4.69) is 61.8 Å². The molecule has 0 unspecified atom stereocenters. The summed E-state index contributed by atoms with van der Waals surface area (Å²) in [6.45, 7) is 5.29. The molecule has 0 fully saturated rings. The number of hydrogen-bond acceptors (Lipinski definition) is 3. The number of nitrogens with zero attached hydrogens (tertiary/aromatic N) is 4. The third-order valence-electron chi connectivity index (χ3n) is 5.94. The topological polar surface area (TPSA) is 64.7 Å². The van der Waals surface area contributed by atoms with Gasteiger partial charge < -0.3 is 5.32 Å². The van der Waals surface area contributed by atoms with Gasteiger partial charge in [0.2, 0.25) is 0 Å². The van der Waals surface area contributed by atoms with Crippen LogP contribution < -0.4 is 5.32 Å². The summed E-state index contributed by atoms with van der Waals surface area (Å²) in [5, 5.41) is 14.4. The maximum absolute atomic E-state index is 12.7. The van der Waals surface area contributed by atoms with Gasteiger partial charge in [-0.25, -0.2) is 0 Å². The van der Waals surface area contributed by atoms with Crippen LogP contribution in [0.3, 0.4) is 0 Å². The van der Waals surface area contributed by atoms with Crippen molar-refractivity contribution in [3.8, 4) is 0 Å². The number of amides is 1. The second-order valence-electron chi connectivity index (χ2n) is 8.33. The molecule has 6 nitrogen and oxygen atoms in total. The Bertz CT molecular complexity index is 1480. The fourth-order valence-electron chi connectivity index (χ4n) is 4.07. The smallest absolute Gasteiger partial charge is 0.256 e. The van der Waals surface area contributed by atoms with Gasteiger partial charge in [-0.1, -0.05) is 54.6 Å². The molecule has 170 valence electrons. The molecule has 0 atom stereocenters. The molecule has 0 aliphatic carbocycles. The summed E-state index contributed by atoms with van der Waals surface area (Å²) in [7, 11) is 0. The number of carbonyl (C=O) groups excluding carboxylic acids is 1. The Hall–Kier alpha value is -3.71. The van der Waals surface area contributed by atoms with Crippen LogP contribution in [0.1, 0.15) is 32.9 Å². The molecule has 0 radical (unpaired) electrons. The summed E-state index contributed by atoms with van der Waals surface area (Å²) in [4.78, 5) is 12.7. The minimum atomic E-state index is -0.184. The fourth-order valence-corrected chi connectivity index (χ4v) is 4.36. The summed E-state index contributed by atoms with van der Waals surface area (Å²) in [5.74, 6) is 0.345. The molecule has 2 aromatic heterocycles. The predicted molar refractivity (Wildman–Crippen MR) is 138 cm³/mol. The summed E-state index contributed by atoms with van der Waals surface area (Å²) in [6.07, 6.45) is 1.88. The zero-order chi connectivity index (χ0) is 23.7. The molecule has 1 amide bonds. The van der Waals surface area contributed by atoms with Crippen LogP contribution in [0.4, 0.5) is 5.82 Å². The first-order chi connectivity index (χ1) is 16.5. The highest BCUT2D eigenvalue weighted by molar-refractivity contribution is 9.10. The van der Waals surface area contributed by atoms with E-state index in [1.165, 1.54) is 16.3 Å². The van der Waals surface area contributed by atoms with E-state index in [9.17, 15) is 4.79 Å². The Morgan fingerprint density at radius 2 is 1.68 bits per heavy atom. The lowest BCUT2D eigenvalue weighted by Crippen LogP contribution is -2.13. The van der Waals surface area contributed by atoms with Gasteiger partial charge in [-0.05, 0) is 63.8 Å². The molecule has 34 heavy (non-hydrogen) atoms. The molecule has 5 aromatic rings. The number of aryl methyl sites for hydroxylation is 1. The van der Waals surface area contributed by atoms with Gasteiger partial charge >= 0.3 is 0 Å². The molecular formula is C27H24BrN5O. The molecule has 0 spiro atoms. The second-order valence-corrected chi connectivity index (χ2v) is 9.12. The highest BCUT2D eigenvalue weighted by Crippen LogP contribution is 2.21. The highest BCUT2D eigenvalue weighted by Gasteiger charge is 2.11. The average Bonchev–Trinajstić information content (AvgIpc) is 3.39. The van der Waals surface area contributed by atoms with Crippen molar-refractivity contribution >= 4 is 38.4 Å². The van der Waals surface area contributed by atoms with Crippen LogP contribution >= 0.6 is 15.9 Å². The Kier molecular flexibility index (Phi) is 6.02. The Morgan fingerprint density at radius 1 is 0.912 bits per heavy atom. The lowest BCUT2D eigenvalue weighted by molar-refractivity contribution is 0.102. The van der Waals surface area contributed by atoms with Crippen LogP contribution in [-0.4, -0.2) is 25.5 Å². The van der Waals surface area contributed by atoms with E-state index < -0.39 is 0 Å². The molecule has 2 heterocycles. The van der Waals surface area contributed by atoms with E-state index in [1.54, 1.807) is 0 Å². The van der Waals surface area contributed by atoms with Crippen LogP contribution in [0.2, 0.25) is 0 Å². The van der Waals surface area contributed by atoms with Gasteiger partial charge in [0.25, 0.3) is 5.91 Å². The van der Waals surface area contributed by atoms with Crippen molar-refractivity contribution in [2.45, 2.75) is 26.9 Å². The van der Waals surface area contributed by atoms with Crippen LogP contribution in [0.25, 0.3) is 10.8 Å². The number of rotatable bonds is 6. The summed E-state index contributed by atoms with van der Waals surface area (Å²) < 4.78 is 4.83. The van der Waals surface area contributed by atoms with Crippen molar-refractivity contribution in [2.75, 3.05) is 5.32 Å². The molecular weight excluding hydrogens is 490 g/mol. The molecule has 0 aliphatic rings. The lowest BCUT2D eigenvalue weighted by Gasteiger charge is -2.07. The number of hydrogen-bond donors (Lipinski definition) is 1. The van der Waals surface area contributed by atoms with Crippen LogP contribution in [0.5, 0.6) is 0 Å². The van der Waals surface area contributed by atoms with Gasteiger partial charge in [0.1, 0.15) is 0 Å². The zero-order valence-corrected chi connectivity index (χ0v) is 20.6. The standard InChI is InChI=1S/C27H24BrN5O/c1-18-26(28)19(2)33(30-18)16-20-10-12-22(13-11-20)27(34)29-25-14-15-32(31-25)17-23-8-5-7-21-6-3-4-9-24(21)23/h3-15H,16-17H2,1-2H3,(H,29,31,34). The van der Waals surface area contributed by atoms with Crippen molar-refractivity contribution < 1.29 is 4.79 Å². The van der Waals surface area contributed by atoms with E-state index in [0.717, 1.165) is 21.4 Å². The number of aromatic nitrogens is 4. The van der Waals surface area contributed by atoms with Gasteiger partial charge in [0, 0.05) is 17.8 Å². The summed E-state index contributed by atoms with van der Waals surface area (Å²) >= 11 is 3.56. The second kappa shape index (κ2) is 9.27. The first-order valence-electron chi connectivity index (χ1n) is 11.1. The quantitative estimate of drug-likeness (QED) is 0.304. The largest absolute Gasteiger partial charge is 0.305 e. The third-order valence-corrected chi connectivity index (χ3v) is 7.08. The van der Waals surface area contributed by atoms with Gasteiger partial charge in [-0.2, -0.15) is 10.2 Å². The first-order valence-corrected chi connectivity index (χ1v) is 11.9. The lowest BCUT2D eigenvalue weighted by atomic mass is 10.0. The SMILES string of the molecule is Cc1nn(Cc2ccc(C(=O)Nc3ccn(Cc4cccc5ccccc45)n3)cc2)c(C)c1Br. The molecule has 5 rings (SSSR count). The third kappa shape index (κ3) is 4.52. The molecule has 0 saturated heterocycles. The molecule has 0 bridgehead atoms. The normalized spacial score (nSPS) is 11.1. The van der Waals surface area contributed by atoms with E-state index >= 15 is 0 Å². The maximum Gasteiger partial charge on any atom is 0.256 e. The fraction of sp³-hybridized carbons (Fsp3) is 0.148. The first kappa shape index (κ1) is 22.1. The Balaban J connectivity index is 1.24. The molecule has 7 heteroatoms. The molecule has 0 aliphatic heterocycles. The average molecular weight is 514 g/mol. The number of nitrogens with one attached hydrogen (secondary N) is 1. The maximum atomic E-state index is 12.7.